The van der Waals surface area contributed by atoms with Gasteiger partial charge < -0.3 is 15.2 Å². The second-order valence-corrected chi connectivity index (χ2v) is 5.08. The van der Waals surface area contributed by atoms with Gasteiger partial charge in [-0.15, -0.1) is 0 Å². The maximum Gasteiger partial charge on any atom is 0.161 e. The Morgan fingerprint density at radius 3 is 2.25 bits per heavy atom. The van der Waals surface area contributed by atoms with Gasteiger partial charge >= 0.3 is 0 Å². The normalized spacial score (nSPS) is 10.6. The molecule has 0 atom stereocenters. The van der Waals surface area contributed by atoms with E-state index in [2.05, 4.69) is 26.0 Å². The second kappa shape index (κ2) is 10.6. The van der Waals surface area contributed by atoms with E-state index in [4.69, 9.17) is 15.2 Å². The first kappa shape index (κ1) is 16.8. The van der Waals surface area contributed by atoms with Crippen LogP contribution in [0, 0.1) is 0 Å². The Hall–Kier alpha value is -1.22. The molecule has 0 spiro atoms. The van der Waals surface area contributed by atoms with Crippen LogP contribution in [-0.4, -0.2) is 19.8 Å². The molecule has 0 bridgehead atoms. The first-order chi connectivity index (χ1) is 9.81. The molecule has 114 valence electrons. The van der Waals surface area contributed by atoms with Crippen LogP contribution < -0.4 is 15.2 Å². The van der Waals surface area contributed by atoms with Crippen molar-refractivity contribution < 1.29 is 9.47 Å². The van der Waals surface area contributed by atoms with Crippen LogP contribution in [0.1, 0.15) is 51.5 Å². The van der Waals surface area contributed by atoms with Crippen LogP contribution in [0.2, 0.25) is 0 Å². The molecule has 2 N–H and O–H groups in total. The molecule has 0 saturated carbocycles. The molecule has 0 fully saturated rings. The van der Waals surface area contributed by atoms with Crippen LogP contribution in [0.5, 0.6) is 11.5 Å². The summed E-state index contributed by atoms with van der Waals surface area (Å²) in [5, 5.41) is 0. The molecule has 0 heterocycles. The van der Waals surface area contributed by atoms with Gasteiger partial charge in [0.2, 0.25) is 0 Å². The van der Waals surface area contributed by atoms with Crippen LogP contribution in [0.15, 0.2) is 18.2 Å². The third-order valence-corrected chi connectivity index (χ3v) is 3.10. The second-order valence-electron chi connectivity index (χ2n) is 5.08. The first-order valence-corrected chi connectivity index (χ1v) is 7.90. The van der Waals surface area contributed by atoms with E-state index in [1.54, 1.807) is 0 Å². The maximum absolute atomic E-state index is 5.81. The van der Waals surface area contributed by atoms with Crippen molar-refractivity contribution in [3.63, 3.8) is 0 Å². The highest BCUT2D eigenvalue weighted by molar-refractivity contribution is 5.43. The molecule has 1 rings (SSSR count). The number of aryl methyl sites for hydroxylation is 1. The molecule has 20 heavy (non-hydrogen) atoms. The molecule has 0 saturated heterocycles. The number of nitrogens with two attached hydrogens (primary N) is 1. The Kier molecular flexibility index (Phi) is 8.88. The average Bonchev–Trinajstić information content (AvgIpc) is 2.48. The van der Waals surface area contributed by atoms with E-state index in [1.807, 2.05) is 6.07 Å². The predicted molar refractivity (Wildman–Crippen MR) is 84.6 cm³/mol. The summed E-state index contributed by atoms with van der Waals surface area (Å²) in [5.74, 6) is 1.75. The summed E-state index contributed by atoms with van der Waals surface area (Å²) >= 11 is 0. The SMILES string of the molecule is CCCOc1ccc(CCCCCN)cc1OCCC. The Morgan fingerprint density at radius 2 is 1.60 bits per heavy atom. The fourth-order valence-corrected chi connectivity index (χ4v) is 2.01. The Bertz CT molecular complexity index is 366. The third-order valence-electron chi connectivity index (χ3n) is 3.10. The molecular weight excluding hydrogens is 250 g/mol. The lowest BCUT2D eigenvalue weighted by molar-refractivity contribution is 0.268. The lowest BCUT2D eigenvalue weighted by Gasteiger charge is -2.13. The Balaban J connectivity index is 2.62. The zero-order valence-corrected chi connectivity index (χ0v) is 13.0. The molecule has 0 unspecified atom stereocenters. The van der Waals surface area contributed by atoms with Crippen molar-refractivity contribution in [3.05, 3.63) is 23.8 Å². The third kappa shape index (κ3) is 6.29. The highest BCUT2D eigenvalue weighted by atomic mass is 16.5. The zero-order valence-electron chi connectivity index (χ0n) is 13.0. The molecule has 1 aromatic rings. The lowest BCUT2D eigenvalue weighted by Crippen LogP contribution is -2.02. The van der Waals surface area contributed by atoms with E-state index in [0.717, 1.165) is 56.9 Å². The van der Waals surface area contributed by atoms with Crippen LogP contribution in [0.4, 0.5) is 0 Å². The van der Waals surface area contributed by atoms with Gasteiger partial charge in [-0.25, -0.2) is 0 Å². The van der Waals surface area contributed by atoms with Crippen LogP contribution in [0.3, 0.4) is 0 Å². The van der Waals surface area contributed by atoms with E-state index in [9.17, 15) is 0 Å². The smallest absolute Gasteiger partial charge is 0.161 e. The minimum Gasteiger partial charge on any atom is -0.490 e. The number of hydrogen-bond donors (Lipinski definition) is 1. The quantitative estimate of drug-likeness (QED) is 0.624. The van der Waals surface area contributed by atoms with Crippen LogP contribution in [-0.2, 0) is 6.42 Å². The van der Waals surface area contributed by atoms with Gasteiger partial charge in [0.1, 0.15) is 0 Å². The van der Waals surface area contributed by atoms with Gasteiger partial charge in [-0.2, -0.15) is 0 Å². The molecular formula is C17H29NO2. The summed E-state index contributed by atoms with van der Waals surface area (Å²) in [5.41, 5.74) is 6.83. The number of ether oxygens (including phenoxy) is 2. The summed E-state index contributed by atoms with van der Waals surface area (Å²) in [6.07, 6.45) is 6.57. The van der Waals surface area contributed by atoms with Crippen molar-refractivity contribution in [1.29, 1.82) is 0 Å². The summed E-state index contributed by atoms with van der Waals surface area (Å²) in [4.78, 5) is 0. The molecule has 0 aliphatic rings. The Labute approximate surface area is 123 Å². The molecule has 0 radical (unpaired) electrons. The van der Waals surface area contributed by atoms with E-state index in [-0.39, 0.29) is 0 Å². The van der Waals surface area contributed by atoms with Gasteiger partial charge in [0.25, 0.3) is 0 Å². The monoisotopic (exact) mass is 279 g/mol. The molecule has 3 heteroatoms. The maximum atomic E-state index is 5.81. The highest BCUT2D eigenvalue weighted by Crippen LogP contribution is 2.29. The number of unbranched alkanes of at least 4 members (excludes halogenated alkanes) is 2. The van der Waals surface area contributed by atoms with Crippen molar-refractivity contribution in [3.8, 4) is 11.5 Å². The summed E-state index contributed by atoms with van der Waals surface area (Å²) in [6.45, 7) is 6.48. The topological polar surface area (TPSA) is 44.5 Å². The van der Waals surface area contributed by atoms with Crippen LogP contribution >= 0.6 is 0 Å². The van der Waals surface area contributed by atoms with Crippen molar-refractivity contribution in [2.24, 2.45) is 5.73 Å². The highest BCUT2D eigenvalue weighted by Gasteiger charge is 2.06. The number of rotatable bonds is 11. The van der Waals surface area contributed by atoms with Gasteiger partial charge in [0.15, 0.2) is 11.5 Å². The minimum atomic E-state index is 0.734. The first-order valence-electron chi connectivity index (χ1n) is 7.90. The summed E-state index contributed by atoms with van der Waals surface area (Å²) in [6, 6.07) is 6.31. The van der Waals surface area contributed by atoms with Gasteiger partial charge in [0.05, 0.1) is 13.2 Å². The van der Waals surface area contributed by atoms with Crippen molar-refractivity contribution in [2.45, 2.75) is 52.4 Å². The molecule has 3 nitrogen and oxygen atoms in total. The van der Waals surface area contributed by atoms with Crippen molar-refractivity contribution in [1.82, 2.24) is 0 Å². The van der Waals surface area contributed by atoms with E-state index in [0.29, 0.717) is 0 Å². The summed E-state index contributed by atoms with van der Waals surface area (Å²) in [7, 11) is 0. The van der Waals surface area contributed by atoms with E-state index >= 15 is 0 Å². The van der Waals surface area contributed by atoms with Gasteiger partial charge in [-0.3, -0.25) is 0 Å². The summed E-state index contributed by atoms with van der Waals surface area (Å²) < 4.78 is 11.5. The van der Waals surface area contributed by atoms with E-state index < -0.39 is 0 Å². The standard InChI is InChI=1S/C17H29NO2/c1-3-12-19-16-10-9-15(8-6-5-7-11-18)14-17(16)20-13-4-2/h9-10,14H,3-8,11-13,18H2,1-2H3. The van der Waals surface area contributed by atoms with Crippen LogP contribution in [0.25, 0.3) is 0 Å². The minimum absolute atomic E-state index is 0.734. The van der Waals surface area contributed by atoms with Gasteiger partial charge in [0, 0.05) is 0 Å². The largest absolute Gasteiger partial charge is 0.490 e. The number of hydrogen-bond acceptors (Lipinski definition) is 3. The molecule has 1 aromatic carbocycles. The van der Waals surface area contributed by atoms with Gasteiger partial charge in [-0.1, -0.05) is 26.3 Å². The Morgan fingerprint density at radius 1 is 0.900 bits per heavy atom. The average molecular weight is 279 g/mol. The fourth-order valence-electron chi connectivity index (χ4n) is 2.01. The molecule has 0 amide bonds. The lowest BCUT2D eigenvalue weighted by atomic mass is 10.1. The fraction of sp³-hybridized carbons (Fsp3) is 0.647. The van der Waals surface area contributed by atoms with Crippen molar-refractivity contribution >= 4 is 0 Å². The molecule has 0 aromatic heterocycles. The van der Waals surface area contributed by atoms with Crippen molar-refractivity contribution in [2.75, 3.05) is 19.8 Å². The molecule has 0 aliphatic carbocycles. The van der Waals surface area contributed by atoms with Gasteiger partial charge in [-0.05, 0) is 56.3 Å². The van der Waals surface area contributed by atoms with E-state index in [1.165, 1.54) is 18.4 Å². The predicted octanol–water partition coefficient (Wildman–Crippen LogP) is 3.94. The number of benzene rings is 1. The molecule has 0 aliphatic heterocycles. The zero-order chi connectivity index (χ0) is 14.6.